The maximum absolute atomic E-state index is 5.10. The molecule has 286 valence electrons. The molecule has 0 unspecified atom stereocenters. The molecule has 13 rings (SSSR count). The van der Waals surface area contributed by atoms with Crippen LogP contribution in [0.25, 0.3) is 132 Å². The molecular weight excluding hydrogens is 749 g/mol. The van der Waals surface area contributed by atoms with Gasteiger partial charge in [0.15, 0.2) is 5.82 Å². The average molecular weight is 785 g/mol. The van der Waals surface area contributed by atoms with Crippen molar-refractivity contribution in [3.63, 3.8) is 0 Å². The number of rotatable bonds is 5. The van der Waals surface area contributed by atoms with Gasteiger partial charge < -0.3 is 0 Å². The van der Waals surface area contributed by atoms with Gasteiger partial charge in [-0.1, -0.05) is 194 Å². The van der Waals surface area contributed by atoms with Crippen molar-refractivity contribution in [2.24, 2.45) is 0 Å². The van der Waals surface area contributed by atoms with Gasteiger partial charge in [-0.25, -0.2) is 9.97 Å². The van der Waals surface area contributed by atoms with Gasteiger partial charge in [-0.15, -0.1) is 0 Å². The Bertz CT molecular complexity index is 3880. The first-order valence-corrected chi connectivity index (χ1v) is 21.3. The van der Waals surface area contributed by atoms with Gasteiger partial charge in [-0.05, 0) is 122 Å². The second kappa shape index (κ2) is 13.7. The van der Waals surface area contributed by atoms with E-state index in [2.05, 4.69) is 200 Å². The zero-order valence-electron chi connectivity index (χ0n) is 33.7. The Labute approximate surface area is 358 Å². The number of hydrogen-bond donors (Lipinski definition) is 0. The summed E-state index contributed by atoms with van der Waals surface area (Å²) in [5, 5.41) is 17.9. The second-order valence-electron chi connectivity index (χ2n) is 16.5. The molecule has 1 heterocycles. The topological polar surface area (TPSA) is 25.8 Å². The van der Waals surface area contributed by atoms with E-state index in [4.69, 9.17) is 9.97 Å². The van der Waals surface area contributed by atoms with Crippen LogP contribution in [0.5, 0.6) is 0 Å². The number of aromatic nitrogens is 2. The largest absolute Gasteiger partial charge is 0.228 e. The minimum Gasteiger partial charge on any atom is -0.228 e. The average Bonchev–Trinajstić information content (AvgIpc) is 3.35. The highest BCUT2D eigenvalue weighted by Crippen LogP contribution is 2.44. The van der Waals surface area contributed by atoms with Crippen LogP contribution in [0, 0.1) is 0 Å². The first kappa shape index (κ1) is 34.6. The molecule has 0 saturated carbocycles. The van der Waals surface area contributed by atoms with Crippen molar-refractivity contribution in [3.05, 3.63) is 218 Å². The van der Waals surface area contributed by atoms with Crippen molar-refractivity contribution in [3.8, 4) is 56.2 Å². The lowest BCUT2D eigenvalue weighted by Gasteiger charge is -2.17. The fraction of sp³-hybridized carbons (Fsp3) is 0. The SMILES string of the molecule is c1ccc(-c2nc(-c3ccc(-c4ccc(-c5cc6ccc7cccc8c9cccc%10ccc%11cccc(c(c5)c6c78)c%11c%109)cc4)cc3)cc(-c3ccc4ccccc4c3)n2)cc1. The van der Waals surface area contributed by atoms with E-state index in [0.717, 1.165) is 33.6 Å². The molecule has 1 aromatic heterocycles. The molecule has 2 heteroatoms. The van der Waals surface area contributed by atoms with Crippen LogP contribution < -0.4 is 0 Å². The van der Waals surface area contributed by atoms with Crippen LogP contribution in [-0.2, 0) is 0 Å². The number of fused-ring (bicyclic) bond motifs is 3. The molecule has 0 saturated heterocycles. The van der Waals surface area contributed by atoms with Crippen LogP contribution in [0.2, 0.25) is 0 Å². The van der Waals surface area contributed by atoms with Crippen molar-refractivity contribution in [1.82, 2.24) is 9.97 Å². The van der Waals surface area contributed by atoms with Gasteiger partial charge in [-0.2, -0.15) is 0 Å². The lowest BCUT2D eigenvalue weighted by Crippen LogP contribution is -1.96. The molecule has 0 aliphatic rings. The van der Waals surface area contributed by atoms with Gasteiger partial charge in [0.25, 0.3) is 0 Å². The smallest absolute Gasteiger partial charge is 0.160 e. The van der Waals surface area contributed by atoms with Crippen molar-refractivity contribution in [2.45, 2.75) is 0 Å². The quantitative estimate of drug-likeness (QED) is 0.162. The second-order valence-corrected chi connectivity index (χ2v) is 16.5. The molecule has 0 N–H and O–H groups in total. The molecule has 0 aliphatic carbocycles. The Hall–Kier alpha value is -8.20. The molecule has 62 heavy (non-hydrogen) atoms. The maximum atomic E-state index is 5.10. The Morgan fingerprint density at radius 3 is 1.24 bits per heavy atom. The van der Waals surface area contributed by atoms with Gasteiger partial charge in [0.2, 0.25) is 0 Å². The van der Waals surface area contributed by atoms with E-state index >= 15 is 0 Å². The standard InChI is InChI=1S/C60H36N2/c1-2-10-45(11-3-1)60-61-54(36-55(62-60)47-31-25-37-9-4-5-12-46(37)33-47)41-26-23-39(24-27-41)38-19-21-40(22-20-38)49-34-48-32-30-44-14-7-17-51-50-16-6-13-42-28-29-43-15-8-18-52(58(43)56(42)50)53(35-49)59(48)57(44)51/h1-36H. The molecule has 0 aliphatic heterocycles. The zero-order chi connectivity index (χ0) is 40.7. The van der Waals surface area contributed by atoms with Crippen LogP contribution in [0.3, 0.4) is 0 Å². The highest BCUT2D eigenvalue weighted by atomic mass is 14.9. The molecule has 0 bridgehead atoms. The van der Waals surface area contributed by atoms with E-state index in [1.807, 2.05) is 18.2 Å². The monoisotopic (exact) mass is 784 g/mol. The van der Waals surface area contributed by atoms with Crippen molar-refractivity contribution < 1.29 is 0 Å². The van der Waals surface area contributed by atoms with Gasteiger partial charge in [-0.3, -0.25) is 0 Å². The summed E-state index contributed by atoms with van der Waals surface area (Å²) < 4.78 is 0. The lowest BCUT2D eigenvalue weighted by atomic mass is 9.86. The van der Waals surface area contributed by atoms with E-state index in [-0.39, 0.29) is 0 Å². The van der Waals surface area contributed by atoms with Gasteiger partial charge in [0, 0.05) is 16.7 Å². The van der Waals surface area contributed by atoms with E-state index in [9.17, 15) is 0 Å². The van der Waals surface area contributed by atoms with Crippen molar-refractivity contribution in [2.75, 3.05) is 0 Å². The lowest BCUT2D eigenvalue weighted by molar-refractivity contribution is 1.18. The fourth-order valence-electron chi connectivity index (χ4n) is 9.95. The summed E-state index contributed by atoms with van der Waals surface area (Å²) in [6.07, 6.45) is 0. The summed E-state index contributed by atoms with van der Waals surface area (Å²) in [5.41, 5.74) is 9.65. The minimum absolute atomic E-state index is 0.715. The van der Waals surface area contributed by atoms with E-state index in [1.165, 1.54) is 92.1 Å². The predicted molar refractivity (Wildman–Crippen MR) is 263 cm³/mol. The molecule has 0 atom stereocenters. The van der Waals surface area contributed by atoms with Crippen LogP contribution >= 0.6 is 0 Å². The molecule has 12 aromatic carbocycles. The van der Waals surface area contributed by atoms with Gasteiger partial charge in [0.05, 0.1) is 11.4 Å². The molecule has 0 spiro atoms. The van der Waals surface area contributed by atoms with Crippen molar-refractivity contribution in [1.29, 1.82) is 0 Å². The Morgan fingerprint density at radius 1 is 0.210 bits per heavy atom. The summed E-state index contributed by atoms with van der Waals surface area (Å²) in [7, 11) is 0. The highest BCUT2D eigenvalue weighted by molar-refractivity contribution is 6.37. The van der Waals surface area contributed by atoms with Crippen molar-refractivity contribution >= 4 is 75.4 Å². The maximum Gasteiger partial charge on any atom is 0.160 e. The van der Waals surface area contributed by atoms with Gasteiger partial charge >= 0.3 is 0 Å². The van der Waals surface area contributed by atoms with E-state index in [0.29, 0.717) is 5.82 Å². The summed E-state index contributed by atoms with van der Waals surface area (Å²) in [5.74, 6) is 0.715. The third-order valence-corrected chi connectivity index (χ3v) is 13.0. The third-order valence-electron chi connectivity index (χ3n) is 13.0. The number of benzene rings is 11. The van der Waals surface area contributed by atoms with Crippen LogP contribution in [0.15, 0.2) is 218 Å². The molecular formula is C60H36N2. The highest BCUT2D eigenvalue weighted by Gasteiger charge is 2.17. The Balaban J connectivity index is 0.906. The van der Waals surface area contributed by atoms with E-state index in [1.54, 1.807) is 0 Å². The molecule has 0 fully saturated rings. The normalized spacial score (nSPS) is 11.9. The fourth-order valence-corrected chi connectivity index (χ4v) is 9.95. The van der Waals surface area contributed by atoms with E-state index < -0.39 is 0 Å². The molecule has 0 radical (unpaired) electrons. The number of hydrogen-bond acceptors (Lipinski definition) is 2. The minimum atomic E-state index is 0.715. The van der Waals surface area contributed by atoms with Crippen LogP contribution in [-0.4, -0.2) is 9.97 Å². The predicted octanol–water partition coefficient (Wildman–Crippen LogP) is 16.3. The molecule has 13 aromatic rings. The first-order valence-electron chi connectivity index (χ1n) is 21.3. The van der Waals surface area contributed by atoms with Crippen LogP contribution in [0.4, 0.5) is 0 Å². The summed E-state index contributed by atoms with van der Waals surface area (Å²) in [4.78, 5) is 10.2. The zero-order valence-corrected chi connectivity index (χ0v) is 33.7. The van der Waals surface area contributed by atoms with Crippen LogP contribution in [0.1, 0.15) is 0 Å². The summed E-state index contributed by atoms with van der Waals surface area (Å²) in [6.45, 7) is 0. The van der Waals surface area contributed by atoms with Gasteiger partial charge in [0.1, 0.15) is 0 Å². The molecule has 0 amide bonds. The summed E-state index contributed by atoms with van der Waals surface area (Å²) in [6, 6.07) is 79.5. The summed E-state index contributed by atoms with van der Waals surface area (Å²) >= 11 is 0. The molecule has 2 nitrogen and oxygen atoms in total. The Morgan fingerprint density at radius 2 is 0.629 bits per heavy atom. The third kappa shape index (κ3) is 5.51. The first-order chi connectivity index (χ1) is 30.7. The number of nitrogens with zero attached hydrogens (tertiary/aromatic N) is 2. The Kier molecular flexibility index (Phi) is 7.64.